The van der Waals surface area contributed by atoms with Gasteiger partial charge in [-0.15, -0.1) is 0 Å². The molecule has 0 spiro atoms. The number of aliphatic hydroxyl groups is 1. The molecule has 3 N–H and O–H groups in total. The average molecular weight is 696 g/mol. The monoisotopic (exact) mass is 696 g/mol. The number of Topliss-reactive ketones (excluding diaryl/α,β-unsaturated/α-hetero) is 1. The van der Waals surface area contributed by atoms with Crippen molar-refractivity contribution < 1.29 is 29.3 Å². The molecule has 0 radical (unpaired) electrons. The number of fused-ring (bicyclic) bond motifs is 7. The zero-order chi connectivity index (χ0) is 36.7. The fourth-order valence-electron chi connectivity index (χ4n) is 13.7. The van der Waals surface area contributed by atoms with Crippen LogP contribution in [0.5, 0.6) is 0 Å². The van der Waals surface area contributed by atoms with Gasteiger partial charge in [-0.3, -0.25) is 14.4 Å². The van der Waals surface area contributed by atoms with Crippen LogP contribution >= 0.6 is 0 Å². The Balaban J connectivity index is 1.27. The van der Waals surface area contributed by atoms with Crippen LogP contribution < -0.4 is 5.32 Å². The van der Waals surface area contributed by atoms with Crippen LogP contribution in [0.3, 0.4) is 0 Å². The largest absolute Gasteiger partial charge is 0.481 e. The molecule has 7 nitrogen and oxygen atoms in total. The van der Waals surface area contributed by atoms with E-state index in [4.69, 9.17) is 4.74 Å². The Morgan fingerprint density at radius 2 is 1.56 bits per heavy atom. The lowest BCUT2D eigenvalue weighted by molar-refractivity contribution is -0.235. The first-order valence-electron chi connectivity index (χ1n) is 20.4. The van der Waals surface area contributed by atoms with Gasteiger partial charge >= 0.3 is 11.9 Å². The van der Waals surface area contributed by atoms with Crippen LogP contribution in [0, 0.1) is 56.2 Å². The molecule has 0 aliphatic heterocycles. The van der Waals surface area contributed by atoms with Crippen LogP contribution in [0.15, 0.2) is 11.1 Å². The van der Waals surface area contributed by atoms with Crippen molar-refractivity contribution in [2.45, 2.75) is 177 Å². The van der Waals surface area contributed by atoms with Gasteiger partial charge in [0.2, 0.25) is 0 Å². The average Bonchev–Trinajstić information content (AvgIpc) is 3.35. The van der Waals surface area contributed by atoms with Gasteiger partial charge in [0.25, 0.3) is 0 Å². The standard InChI is InChI=1S/C43H69NO6/c1-26(2)35-29(45)23-43(32(46)25-44-27-13-11-10-12-14-27)22-21-41(8)28(36(35)43)15-16-31-40(7)19-18-33(50-34(47)24-38(3,4)37(48)49)39(5,6)30(40)17-20-42(31,41)9/h26-28,30-33,44,46H,10-25H2,1-9H3,(H,48,49)/t28-,30+,31-,32+,33+,40+,41-,42-,43?/m1/s1. The van der Waals surface area contributed by atoms with E-state index >= 15 is 0 Å². The lowest BCUT2D eigenvalue weighted by atomic mass is 9.33. The molecule has 6 aliphatic carbocycles. The zero-order valence-corrected chi connectivity index (χ0v) is 32.9. The SMILES string of the molecule is CC(C)C1=C2[C@H]3CC[C@@H]4[C@@]5(C)CC[C@H](OC(=O)CC(C)(C)C(=O)O)C(C)(C)[C@@H]5CC[C@@]4(C)[C@]3(C)CCC2([C@@H](O)CNC2CCCCC2)CC1=O. The van der Waals surface area contributed by atoms with E-state index < -0.39 is 28.9 Å². The van der Waals surface area contributed by atoms with Crippen LogP contribution in [0.25, 0.3) is 0 Å². The number of carbonyl (C=O) groups is 3. The number of hydrogen-bond acceptors (Lipinski definition) is 6. The first-order chi connectivity index (χ1) is 23.2. The van der Waals surface area contributed by atoms with Crippen molar-refractivity contribution in [2.24, 2.45) is 56.2 Å². The fourth-order valence-corrected chi connectivity index (χ4v) is 13.7. The van der Waals surface area contributed by atoms with E-state index in [1.807, 2.05) is 0 Å². The van der Waals surface area contributed by atoms with Crippen molar-refractivity contribution in [2.75, 3.05) is 6.54 Å². The number of esters is 1. The highest BCUT2D eigenvalue weighted by Crippen LogP contribution is 2.77. The molecule has 0 heterocycles. The van der Waals surface area contributed by atoms with Crippen LogP contribution in [0.1, 0.15) is 159 Å². The van der Waals surface area contributed by atoms with E-state index in [0.29, 0.717) is 36.8 Å². The maximum Gasteiger partial charge on any atom is 0.309 e. The van der Waals surface area contributed by atoms with Crippen LogP contribution in [-0.2, 0) is 19.1 Å². The van der Waals surface area contributed by atoms with E-state index in [2.05, 4.69) is 53.8 Å². The molecule has 50 heavy (non-hydrogen) atoms. The molecule has 1 unspecified atom stereocenters. The summed E-state index contributed by atoms with van der Waals surface area (Å²) in [5.41, 5.74) is 0.755. The molecule has 5 fully saturated rings. The second kappa shape index (κ2) is 13.0. The molecule has 0 aromatic carbocycles. The lowest BCUT2D eigenvalue weighted by Crippen LogP contribution is -2.66. The Kier molecular flexibility index (Phi) is 9.87. The molecule has 282 valence electrons. The van der Waals surface area contributed by atoms with E-state index in [0.717, 1.165) is 56.9 Å². The number of carbonyl (C=O) groups excluding carboxylic acids is 2. The molecule has 5 saturated carbocycles. The van der Waals surface area contributed by atoms with Gasteiger partial charge in [-0.1, -0.05) is 73.3 Å². The topological polar surface area (TPSA) is 113 Å². The van der Waals surface area contributed by atoms with Gasteiger partial charge in [0.1, 0.15) is 6.10 Å². The van der Waals surface area contributed by atoms with Gasteiger partial charge in [-0.25, -0.2) is 0 Å². The Bertz CT molecular complexity index is 1390. The van der Waals surface area contributed by atoms with E-state index in [-0.39, 0.29) is 45.9 Å². The van der Waals surface area contributed by atoms with Gasteiger partial charge in [-0.05, 0) is 124 Å². The normalized spacial score (nSPS) is 40.8. The van der Waals surface area contributed by atoms with Crippen molar-refractivity contribution in [3.05, 3.63) is 11.1 Å². The second-order valence-electron chi connectivity index (χ2n) is 20.3. The highest BCUT2D eigenvalue weighted by atomic mass is 16.5. The van der Waals surface area contributed by atoms with Gasteiger partial charge in [0.05, 0.1) is 17.9 Å². The summed E-state index contributed by atoms with van der Waals surface area (Å²) in [4.78, 5) is 38.8. The molecule has 7 heteroatoms. The molecule has 6 aliphatic rings. The van der Waals surface area contributed by atoms with Crippen molar-refractivity contribution in [3.63, 3.8) is 0 Å². The Hall–Kier alpha value is -1.73. The predicted molar refractivity (Wildman–Crippen MR) is 196 cm³/mol. The summed E-state index contributed by atoms with van der Waals surface area (Å²) in [5, 5.41) is 25.5. The van der Waals surface area contributed by atoms with Crippen molar-refractivity contribution in [3.8, 4) is 0 Å². The quantitative estimate of drug-likeness (QED) is 0.207. The minimum atomic E-state index is -1.15. The minimum absolute atomic E-state index is 0.0277. The second-order valence-corrected chi connectivity index (χ2v) is 20.3. The fraction of sp³-hybridized carbons (Fsp3) is 0.884. The van der Waals surface area contributed by atoms with Gasteiger partial charge < -0.3 is 20.3 Å². The maximum atomic E-state index is 14.0. The lowest BCUT2D eigenvalue weighted by Gasteiger charge is -2.72. The number of carboxylic acid groups (broad SMARTS) is 1. The van der Waals surface area contributed by atoms with E-state index in [9.17, 15) is 24.6 Å². The molecular formula is C43H69NO6. The van der Waals surface area contributed by atoms with Crippen LogP contribution in [0.4, 0.5) is 0 Å². The molecule has 0 aromatic rings. The summed E-state index contributed by atoms with van der Waals surface area (Å²) < 4.78 is 6.17. The number of rotatable bonds is 9. The summed E-state index contributed by atoms with van der Waals surface area (Å²) in [5.74, 6) is 0.246. The number of carboxylic acids is 1. The summed E-state index contributed by atoms with van der Waals surface area (Å²) in [6, 6.07) is 0.475. The zero-order valence-electron chi connectivity index (χ0n) is 32.9. The summed E-state index contributed by atoms with van der Waals surface area (Å²) in [6.07, 6.45) is 13.8. The van der Waals surface area contributed by atoms with Crippen molar-refractivity contribution in [1.82, 2.24) is 5.32 Å². The molecular weight excluding hydrogens is 626 g/mol. The number of ketones is 1. The van der Waals surface area contributed by atoms with E-state index in [1.54, 1.807) is 13.8 Å². The number of nitrogens with one attached hydrogen (secondary N) is 1. The number of allylic oxidation sites excluding steroid dienone is 1. The molecule has 0 aromatic heterocycles. The molecule has 0 amide bonds. The Labute approximate surface area is 302 Å². The van der Waals surface area contributed by atoms with Crippen molar-refractivity contribution >= 4 is 17.7 Å². The third kappa shape index (κ3) is 5.76. The summed E-state index contributed by atoms with van der Waals surface area (Å²) >= 11 is 0. The molecule has 0 saturated heterocycles. The predicted octanol–water partition coefficient (Wildman–Crippen LogP) is 8.66. The maximum absolute atomic E-state index is 14.0. The number of ether oxygens (including phenoxy) is 1. The molecule has 9 atom stereocenters. The molecule has 6 rings (SSSR count). The van der Waals surface area contributed by atoms with Gasteiger partial charge in [-0.2, -0.15) is 0 Å². The third-order valence-electron chi connectivity index (χ3n) is 16.7. The smallest absolute Gasteiger partial charge is 0.309 e. The van der Waals surface area contributed by atoms with Gasteiger partial charge in [0.15, 0.2) is 5.78 Å². The summed E-state index contributed by atoms with van der Waals surface area (Å²) in [6.45, 7) is 20.4. The summed E-state index contributed by atoms with van der Waals surface area (Å²) in [7, 11) is 0. The first kappa shape index (κ1) is 38.0. The third-order valence-corrected chi connectivity index (χ3v) is 16.7. The highest BCUT2D eigenvalue weighted by Gasteiger charge is 2.70. The van der Waals surface area contributed by atoms with Crippen molar-refractivity contribution in [1.29, 1.82) is 0 Å². The number of aliphatic carboxylic acids is 1. The van der Waals surface area contributed by atoms with E-state index in [1.165, 1.54) is 37.7 Å². The Morgan fingerprint density at radius 1 is 0.880 bits per heavy atom. The highest BCUT2D eigenvalue weighted by molar-refractivity contribution is 6.00. The Morgan fingerprint density at radius 3 is 2.20 bits per heavy atom. The minimum Gasteiger partial charge on any atom is -0.481 e. The van der Waals surface area contributed by atoms with Crippen LogP contribution in [0.2, 0.25) is 0 Å². The molecule has 0 bridgehead atoms. The van der Waals surface area contributed by atoms with Crippen LogP contribution in [-0.4, -0.2) is 52.7 Å². The van der Waals surface area contributed by atoms with Gasteiger partial charge in [0, 0.05) is 29.8 Å². The first-order valence-corrected chi connectivity index (χ1v) is 20.4. The number of aliphatic hydroxyl groups excluding tert-OH is 1. The number of hydrogen-bond donors (Lipinski definition) is 3.